The number of hydrogen-bond donors (Lipinski definition) is 0. The summed E-state index contributed by atoms with van der Waals surface area (Å²) in [7, 11) is 0. The SMILES string of the molecule is Cc1cc(C)c(-c2c3nc(c4c5ccc([n-]5)c(-c5c(C)cc(C)cc5C)c5nc(c(c6ccc2[n-]6)-c2cccc(c2)OCCCCCCOc2cccc(c2)-c2c6nc(c(-c7c(C)cc(C)cc7C)c7ccc([n-]7)c(c7nc(c(-c8c(C)cc(C)cc8C)c8ccc2[n-]8)C=C7)-c2cccc(c2)OCCCCCCOc2cccc-4c2)C=C6)C=C5)C=C3)c(C)c1.[Zn+2].[Zn+2]. The van der Waals surface area contributed by atoms with Gasteiger partial charge in [0.1, 0.15) is 23.0 Å². The average molecular weight is 1750 g/mol. The molecule has 0 atom stereocenters. The van der Waals surface area contributed by atoms with E-state index in [-0.39, 0.29) is 39.0 Å². The van der Waals surface area contributed by atoms with Gasteiger partial charge in [-0.05, 0) is 365 Å². The minimum Gasteiger partial charge on any atom is -0.657 e. The Morgan fingerprint density at radius 2 is 0.373 bits per heavy atom. The molecule has 6 aliphatic heterocycles. The first-order valence-corrected chi connectivity index (χ1v) is 43.7. The van der Waals surface area contributed by atoms with E-state index in [1.807, 2.05) is 0 Å². The molecule has 0 fully saturated rings. The number of fused-ring (bicyclic) bond motifs is 18. The Hall–Kier alpha value is -12.6. The van der Waals surface area contributed by atoms with Crippen molar-refractivity contribution in [3.63, 3.8) is 0 Å². The zero-order chi connectivity index (χ0) is 85.0. The summed E-state index contributed by atoms with van der Waals surface area (Å²) in [6.45, 7) is 28.4. The van der Waals surface area contributed by atoms with Gasteiger partial charge >= 0.3 is 39.0 Å². The predicted molar refractivity (Wildman–Crippen MR) is 513 cm³/mol. The van der Waals surface area contributed by atoms with Gasteiger partial charge in [0.2, 0.25) is 0 Å². The van der Waals surface area contributed by atoms with Crippen LogP contribution in [-0.2, 0) is 39.0 Å². The van der Waals surface area contributed by atoms with Crippen LogP contribution in [0.3, 0.4) is 0 Å². The van der Waals surface area contributed by atoms with Gasteiger partial charge in [-0.1, -0.05) is 168 Å². The fourth-order valence-electron chi connectivity index (χ4n) is 19.5. The van der Waals surface area contributed by atoms with Crippen molar-refractivity contribution in [2.45, 2.75) is 134 Å². The van der Waals surface area contributed by atoms with Gasteiger partial charge in [0.05, 0.1) is 72.0 Å². The molecule has 616 valence electrons. The van der Waals surface area contributed by atoms with E-state index < -0.39 is 0 Å². The molecule has 0 aliphatic carbocycles. The van der Waals surface area contributed by atoms with Crippen LogP contribution < -0.4 is 38.9 Å². The van der Waals surface area contributed by atoms with Gasteiger partial charge in [0, 0.05) is 0 Å². The Kier molecular flexibility index (Phi) is 24.8. The topological polar surface area (TPSA) is 145 Å². The number of aryl methyl sites for hydroxylation is 12. The molecule has 12 nitrogen and oxygen atoms in total. The van der Waals surface area contributed by atoms with Crippen molar-refractivity contribution in [1.29, 1.82) is 0 Å². The zero-order valence-corrected chi connectivity index (χ0v) is 80.1. The number of aromatic nitrogens is 8. The molecule has 28 bridgehead atoms. The van der Waals surface area contributed by atoms with E-state index in [0.717, 1.165) is 298 Å². The Balaban J connectivity index is 0.00000560. The van der Waals surface area contributed by atoms with Crippen molar-refractivity contribution in [3.05, 3.63) is 306 Å². The smallest absolute Gasteiger partial charge is 0.657 e. The first-order chi connectivity index (χ1) is 60.4. The Morgan fingerprint density at radius 1 is 0.198 bits per heavy atom. The maximum Gasteiger partial charge on any atom is 2.00 e. The molecular formula is C112H100N8O4Zn2. The Labute approximate surface area is 764 Å². The third kappa shape index (κ3) is 17.1. The van der Waals surface area contributed by atoms with Crippen molar-refractivity contribution >= 4 is 92.7 Å². The summed E-state index contributed by atoms with van der Waals surface area (Å²) in [4.78, 5) is 45.6. The second-order valence-corrected chi connectivity index (χ2v) is 34.2. The van der Waals surface area contributed by atoms with Gasteiger partial charge in [0.15, 0.2) is 0 Å². The van der Waals surface area contributed by atoms with E-state index in [4.69, 9.17) is 58.8 Å². The third-order valence-electron chi connectivity index (χ3n) is 24.6. The maximum absolute atomic E-state index is 6.75. The number of benzene rings is 8. The Bertz CT molecular complexity index is 6240. The molecule has 6 aliphatic rings. The molecule has 0 spiro atoms. The standard InChI is InChI=1S/C112H100N8O4.2Zn/c1-65-53-69(5)101(70(6)54-65)109-93-41-33-85(113-93)105-77-25-21-29-81(61-77)121-49-17-13-15-19-51-123-83-31-23-27-79(63-83)107-89-37-45-97(117-89)111(103-73(9)57-67(3)58-74(103)10)98-46-38-90(118-98)108(92-40-48-100(120-92)112(99-47-39-91(107)119-99)104-75(11)59-68(4)60-76(104)12)80-28-24-32-84(64-80)124-52-20-16-14-18-50-122-82-30-22-26-78(62-82)106(86-34-42-94(109)114-86)88-36-44-96(116-88)110(95-43-35-87(105)115-95)102-71(7)55-66(2)56-72(102)8;;/h21-48,53-64H,13-20,49-52H2,1-12H3;;/q-4;2*+2. The number of ether oxygens (including phenoxy) is 4. The Morgan fingerprint density at radius 3 is 0.563 bits per heavy atom. The van der Waals surface area contributed by atoms with Crippen LogP contribution in [0.5, 0.6) is 23.0 Å². The van der Waals surface area contributed by atoms with Crippen LogP contribution in [-0.4, -0.2) is 46.4 Å². The minimum atomic E-state index is 0. The van der Waals surface area contributed by atoms with Crippen LogP contribution >= 0.6 is 0 Å². The maximum atomic E-state index is 6.75. The molecule has 0 unspecified atom stereocenters. The summed E-state index contributed by atoms with van der Waals surface area (Å²) in [5.74, 6) is 3.09. The van der Waals surface area contributed by atoms with E-state index in [0.29, 0.717) is 26.4 Å². The zero-order valence-electron chi connectivity index (χ0n) is 74.2. The normalized spacial score (nSPS) is 13.5. The predicted octanol–water partition coefficient (Wildman–Crippen LogP) is 27.5. The van der Waals surface area contributed by atoms with E-state index in [2.05, 4.69) is 326 Å². The van der Waals surface area contributed by atoms with Crippen molar-refractivity contribution in [1.82, 2.24) is 39.9 Å². The summed E-state index contributed by atoms with van der Waals surface area (Å²) < 4.78 is 27.0. The second kappa shape index (κ2) is 36.5. The molecule has 20 rings (SSSR count). The molecule has 8 aromatic carbocycles. The van der Waals surface area contributed by atoms with Crippen molar-refractivity contribution in [2.75, 3.05) is 26.4 Å². The number of nitrogens with zero attached hydrogens (tertiary/aromatic N) is 8. The minimum absolute atomic E-state index is 0. The van der Waals surface area contributed by atoms with Crippen molar-refractivity contribution in [3.8, 4) is 112 Å². The molecule has 126 heavy (non-hydrogen) atoms. The molecule has 14 aromatic rings. The monoisotopic (exact) mass is 1750 g/mol. The van der Waals surface area contributed by atoms with Gasteiger partial charge in [-0.3, -0.25) is 0 Å². The number of rotatable bonds is 4. The first kappa shape index (κ1) is 85.6. The molecule has 0 saturated heterocycles. The van der Waals surface area contributed by atoms with Crippen LogP contribution in [0.25, 0.3) is 182 Å². The van der Waals surface area contributed by atoms with Crippen molar-refractivity contribution in [2.24, 2.45) is 0 Å². The molecule has 0 amide bonds. The van der Waals surface area contributed by atoms with Crippen LogP contribution in [0, 0.1) is 83.1 Å². The summed E-state index contributed by atoms with van der Waals surface area (Å²) >= 11 is 0. The summed E-state index contributed by atoms with van der Waals surface area (Å²) in [6, 6.07) is 69.1. The van der Waals surface area contributed by atoms with E-state index in [9.17, 15) is 0 Å². The quantitative estimate of drug-likeness (QED) is 0.155. The fourth-order valence-corrected chi connectivity index (χ4v) is 19.5. The molecule has 6 aromatic heterocycles. The molecule has 0 radical (unpaired) electrons. The van der Waals surface area contributed by atoms with Gasteiger partial charge < -0.3 is 38.9 Å². The van der Waals surface area contributed by atoms with E-state index in [1.165, 1.54) is 22.3 Å². The molecule has 0 saturated carbocycles. The third-order valence-corrected chi connectivity index (χ3v) is 24.6. The number of hydrogen-bond acceptors (Lipinski definition) is 8. The van der Waals surface area contributed by atoms with Crippen molar-refractivity contribution < 1.29 is 57.9 Å². The summed E-state index contributed by atoms with van der Waals surface area (Å²) in [5.41, 5.74) is 42.3. The largest absolute Gasteiger partial charge is 2.00 e. The van der Waals surface area contributed by atoms with Gasteiger partial charge in [-0.2, -0.15) is 0 Å². The molecule has 14 heteroatoms. The van der Waals surface area contributed by atoms with Crippen LogP contribution in [0.1, 0.15) is 164 Å². The fraction of sp³-hybridized carbons (Fsp3) is 0.214. The van der Waals surface area contributed by atoms with Gasteiger partial charge in [-0.15, -0.1) is 44.1 Å². The van der Waals surface area contributed by atoms with Gasteiger partial charge in [0.25, 0.3) is 0 Å². The molecule has 0 N–H and O–H groups in total. The summed E-state index contributed by atoms with van der Waals surface area (Å²) in [6.07, 6.45) is 24.5. The van der Waals surface area contributed by atoms with E-state index >= 15 is 0 Å². The summed E-state index contributed by atoms with van der Waals surface area (Å²) in [5, 5.41) is 0. The first-order valence-electron chi connectivity index (χ1n) is 43.7. The van der Waals surface area contributed by atoms with Crippen LogP contribution in [0.15, 0.2) is 194 Å². The van der Waals surface area contributed by atoms with Crippen LogP contribution in [0.2, 0.25) is 0 Å². The molecular weight excluding hydrogens is 1650 g/mol. The van der Waals surface area contributed by atoms with Crippen LogP contribution in [0.4, 0.5) is 0 Å². The van der Waals surface area contributed by atoms with Gasteiger partial charge in [-0.25, -0.2) is 19.9 Å². The average Bonchev–Trinajstić information content (AvgIpc) is 1.59. The van der Waals surface area contributed by atoms with E-state index in [1.54, 1.807) is 0 Å². The molecule has 12 heterocycles. The second-order valence-electron chi connectivity index (χ2n) is 34.2.